The summed E-state index contributed by atoms with van der Waals surface area (Å²) in [5.74, 6) is -0.346. The highest BCUT2D eigenvalue weighted by Gasteiger charge is 2.24. The molecule has 1 aliphatic heterocycles. The predicted octanol–water partition coefficient (Wildman–Crippen LogP) is 2.27. The van der Waals surface area contributed by atoms with Crippen LogP contribution in [-0.2, 0) is 9.63 Å². The zero-order chi connectivity index (χ0) is 14.5. The molecule has 1 amide bonds. The van der Waals surface area contributed by atoms with E-state index in [9.17, 15) is 9.59 Å². The van der Waals surface area contributed by atoms with E-state index >= 15 is 0 Å². The Labute approximate surface area is 116 Å². The molecule has 2 heterocycles. The van der Waals surface area contributed by atoms with Crippen LogP contribution < -0.4 is 0 Å². The Kier molecular flexibility index (Phi) is 4.39. The van der Waals surface area contributed by atoms with Crippen molar-refractivity contribution in [3.05, 3.63) is 23.9 Å². The van der Waals surface area contributed by atoms with Gasteiger partial charge in [0.15, 0.2) is 5.82 Å². The Bertz CT molecular complexity index is 525. The van der Waals surface area contributed by atoms with Gasteiger partial charge in [0.25, 0.3) is 5.91 Å². The van der Waals surface area contributed by atoms with E-state index in [1.54, 1.807) is 12.1 Å². The molecule has 1 aliphatic rings. The van der Waals surface area contributed by atoms with Gasteiger partial charge in [-0.05, 0) is 32.4 Å². The second kappa shape index (κ2) is 6.23. The molecule has 0 saturated carbocycles. The van der Waals surface area contributed by atoms with E-state index in [4.69, 9.17) is 4.84 Å². The number of azo groups is 1. The lowest BCUT2D eigenvalue weighted by atomic mass is 10.3. The Morgan fingerprint density at radius 1 is 1.45 bits per heavy atom. The van der Waals surface area contributed by atoms with Crippen LogP contribution in [0, 0.1) is 0 Å². The molecule has 0 radical (unpaired) electrons. The molecule has 0 aliphatic carbocycles. The Morgan fingerprint density at radius 2 is 2.25 bits per heavy atom. The summed E-state index contributed by atoms with van der Waals surface area (Å²) in [4.78, 5) is 32.2. The van der Waals surface area contributed by atoms with E-state index in [1.807, 2.05) is 13.8 Å². The summed E-state index contributed by atoms with van der Waals surface area (Å²) in [5.41, 5.74) is 0.271. The quantitative estimate of drug-likeness (QED) is 0.789. The van der Waals surface area contributed by atoms with Crippen LogP contribution in [0.15, 0.2) is 28.6 Å². The average molecular weight is 276 g/mol. The molecule has 20 heavy (non-hydrogen) atoms. The average Bonchev–Trinajstić information content (AvgIpc) is 2.82. The highest BCUT2D eigenvalue weighted by Crippen LogP contribution is 2.14. The van der Waals surface area contributed by atoms with Crippen molar-refractivity contribution in [3.63, 3.8) is 0 Å². The van der Waals surface area contributed by atoms with Gasteiger partial charge in [-0.3, -0.25) is 4.79 Å². The van der Waals surface area contributed by atoms with Crippen LogP contribution in [0.3, 0.4) is 0 Å². The minimum atomic E-state index is -0.597. The van der Waals surface area contributed by atoms with Gasteiger partial charge in [-0.25, -0.2) is 9.78 Å². The molecule has 1 aromatic heterocycles. The van der Waals surface area contributed by atoms with E-state index in [1.165, 1.54) is 6.20 Å². The fourth-order valence-corrected chi connectivity index (χ4v) is 1.61. The van der Waals surface area contributed by atoms with Crippen molar-refractivity contribution < 1.29 is 14.4 Å². The molecule has 7 heteroatoms. The first kappa shape index (κ1) is 14.1. The van der Waals surface area contributed by atoms with Crippen molar-refractivity contribution >= 4 is 17.7 Å². The summed E-state index contributed by atoms with van der Waals surface area (Å²) in [5, 5.41) is 8.97. The molecule has 0 aromatic carbocycles. The third-order valence-electron chi connectivity index (χ3n) is 2.60. The topological polar surface area (TPSA) is 84.2 Å². The molecule has 2 rings (SSSR count). The van der Waals surface area contributed by atoms with Crippen molar-refractivity contribution in [1.82, 2.24) is 10.0 Å². The van der Waals surface area contributed by atoms with E-state index in [0.717, 1.165) is 5.06 Å². The zero-order valence-electron chi connectivity index (χ0n) is 11.4. The third kappa shape index (κ3) is 3.59. The summed E-state index contributed by atoms with van der Waals surface area (Å²) < 4.78 is 0. The maximum absolute atomic E-state index is 11.8. The van der Waals surface area contributed by atoms with Gasteiger partial charge in [0.1, 0.15) is 0 Å². The lowest BCUT2D eigenvalue weighted by molar-refractivity contribution is -0.159. The molecule has 0 N–H and O–H groups in total. The van der Waals surface area contributed by atoms with Gasteiger partial charge in [-0.15, -0.1) is 5.11 Å². The van der Waals surface area contributed by atoms with Gasteiger partial charge in [0, 0.05) is 12.6 Å². The van der Waals surface area contributed by atoms with Gasteiger partial charge >= 0.3 is 5.97 Å². The summed E-state index contributed by atoms with van der Waals surface area (Å²) in [6, 6.07) is 3.21. The van der Waals surface area contributed by atoms with Gasteiger partial charge in [-0.1, -0.05) is 0 Å². The van der Waals surface area contributed by atoms with Crippen molar-refractivity contribution in [2.75, 3.05) is 6.54 Å². The second-order valence-electron chi connectivity index (χ2n) is 4.69. The van der Waals surface area contributed by atoms with Crippen LogP contribution in [0.5, 0.6) is 0 Å². The minimum absolute atomic E-state index is 0.0858. The molecule has 0 bridgehead atoms. The first-order valence-electron chi connectivity index (χ1n) is 6.46. The van der Waals surface area contributed by atoms with Gasteiger partial charge in [0.05, 0.1) is 18.2 Å². The second-order valence-corrected chi connectivity index (χ2v) is 4.69. The Hall–Kier alpha value is -2.31. The van der Waals surface area contributed by atoms with Crippen LogP contribution in [0.2, 0.25) is 0 Å². The van der Waals surface area contributed by atoms with Crippen molar-refractivity contribution in [2.45, 2.75) is 32.7 Å². The molecular weight excluding hydrogens is 260 g/mol. The number of amides is 1. The molecule has 0 atom stereocenters. The number of hydrogen-bond donors (Lipinski definition) is 0. The van der Waals surface area contributed by atoms with Crippen LogP contribution in [0.4, 0.5) is 5.82 Å². The monoisotopic (exact) mass is 276 g/mol. The van der Waals surface area contributed by atoms with E-state index in [-0.39, 0.29) is 17.5 Å². The lowest BCUT2D eigenvalue weighted by Gasteiger charge is -2.13. The van der Waals surface area contributed by atoms with Crippen LogP contribution in [0.25, 0.3) is 0 Å². The van der Waals surface area contributed by atoms with E-state index in [2.05, 4.69) is 15.2 Å². The van der Waals surface area contributed by atoms with Gasteiger partial charge in [0.2, 0.25) is 0 Å². The Morgan fingerprint density at radius 3 is 2.80 bits per heavy atom. The standard InChI is InChI=1S/C13H16N4O3/c1-9(2)15-16-11-6-5-10(8-14-11)13(19)20-17-7-3-4-12(17)18/h5-6,8-9H,3-4,7H2,1-2H3. The normalized spacial score (nSPS) is 15.3. The number of hydrogen-bond acceptors (Lipinski definition) is 6. The zero-order valence-corrected chi connectivity index (χ0v) is 11.4. The van der Waals surface area contributed by atoms with Crippen LogP contribution in [-0.4, -0.2) is 34.5 Å². The molecule has 1 fully saturated rings. The largest absolute Gasteiger partial charge is 0.364 e. The smallest absolute Gasteiger partial charge is 0.333 e. The highest BCUT2D eigenvalue weighted by atomic mass is 16.7. The first-order valence-corrected chi connectivity index (χ1v) is 6.46. The van der Waals surface area contributed by atoms with Crippen molar-refractivity contribution in [1.29, 1.82) is 0 Å². The molecule has 0 spiro atoms. The summed E-state index contributed by atoms with van der Waals surface area (Å²) in [6.45, 7) is 4.25. The van der Waals surface area contributed by atoms with Crippen LogP contribution in [0.1, 0.15) is 37.0 Å². The molecule has 1 saturated heterocycles. The van der Waals surface area contributed by atoms with E-state index in [0.29, 0.717) is 25.2 Å². The molecule has 106 valence electrons. The summed E-state index contributed by atoms with van der Waals surface area (Å²) in [6.07, 6.45) is 2.48. The van der Waals surface area contributed by atoms with Gasteiger partial charge in [-0.2, -0.15) is 10.2 Å². The molecular formula is C13H16N4O3. The highest BCUT2D eigenvalue weighted by molar-refractivity contribution is 5.90. The SMILES string of the molecule is CC(C)N=Nc1ccc(C(=O)ON2CCCC2=O)cn1. The fourth-order valence-electron chi connectivity index (χ4n) is 1.61. The third-order valence-corrected chi connectivity index (χ3v) is 2.60. The number of carbonyl (C=O) groups is 2. The summed E-state index contributed by atoms with van der Waals surface area (Å²) in [7, 11) is 0. The Balaban J connectivity index is 1.98. The lowest BCUT2D eigenvalue weighted by Crippen LogP contribution is -2.28. The van der Waals surface area contributed by atoms with E-state index < -0.39 is 5.97 Å². The molecule has 7 nitrogen and oxygen atoms in total. The maximum atomic E-state index is 11.8. The number of hydroxylamine groups is 2. The number of nitrogens with zero attached hydrogens (tertiary/aromatic N) is 4. The number of pyridine rings is 1. The van der Waals surface area contributed by atoms with Crippen molar-refractivity contribution in [2.24, 2.45) is 10.2 Å². The summed E-state index contributed by atoms with van der Waals surface area (Å²) >= 11 is 0. The number of aromatic nitrogens is 1. The minimum Gasteiger partial charge on any atom is -0.333 e. The predicted molar refractivity (Wildman–Crippen MR) is 70.3 cm³/mol. The number of rotatable bonds is 4. The maximum Gasteiger partial charge on any atom is 0.364 e. The van der Waals surface area contributed by atoms with Gasteiger partial charge < -0.3 is 4.84 Å². The fraction of sp³-hybridized carbons (Fsp3) is 0.462. The first-order chi connectivity index (χ1) is 9.56. The van der Waals surface area contributed by atoms with Crippen LogP contribution >= 0.6 is 0 Å². The van der Waals surface area contributed by atoms with Crippen molar-refractivity contribution in [3.8, 4) is 0 Å². The molecule has 0 unspecified atom stereocenters. The molecule has 1 aromatic rings. The number of carbonyl (C=O) groups excluding carboxylic acids is 2.